The van der Waals surface area contributed by atoms with Crippen molar-refractivity contribution in [2.45, 2.75) is 32.4 Å². The van der Waals surface area contributed by atoms with Crippen LogP contribution in [0.25, 0.3) is 0 Å². The Morgan fingerprint density at radius 3 is 2.67 bits per heavy atom. The highest BCUT2D eigenvalue weighted by Crippen LogP contribution is 2.15. The van der Waals surface area contributed by atoms with E-state index in [4.69, 9.17) is 10.5 Å². The van der Waals surface area contributed by atoms with Gasteiger partial charge in [0.25, 0.3) is 0 Å². The molecule has 0 fully saturated rings. The molecule has 0 aliphatic rings. The van der Waals surface area contributed by atoms with Gasteiger partial charge in [0.2, 0.25) is 5.91 Å². The predicted molar refractivity (Wildman–Crippen MR) is 73.0 cm³/mol. The number of nitrogens with two attached hydrogens (primary N) is 1. The fourth-order valence-electron chi connectivity index (χ4n) is 1.24. The van der Waals surface area contributed by atoms with Crippen LogP contribution in [0.15, 0.2) is 12.4 Å². The number of hydrogen-bond donors (Lipinski definition) is 2. The smallest absolute Gasteiger partial charge is 0.243 e. The molecule has 7 heteroatoms. The van der Waals surface area contributed by atoms with Gasteiger partial charge in [0.1, 0.15) is 6.04 Å². The van der Waals surface area contributed by atoms with Gasteiger partial charge < -0.3 is 15.8 Å². The van der Waals surface area contributed by atoms with Gasteiger partial charge in [-0.15, -0.1) is 12.4 Å². The maximum atomic E-state index is 11.6. The van der Waals surface area contributed by atoms with Gasteiger partial charge in [-0.25, -0.2) is 0 Å². The van der Waals surface area contributed by atoms with Gasteiger partial charge in [-0.2, -0.15) is 5.10 Å². The molecule has 0 radical (unpaired) electrons. The molecule has 1 rings (SSSR count). The molecule has 0 spiro atoms. The van der Waals surface area contributed by atoms with Gasteiger partial charge in [0, 0.05) is 13.3 Å². The summed E-state index contributed by atoms with van der Waals surface area (Å²) in [5.41, 5.74) is 6.13. The Morgan fingerprint density at radius 2 is 2.22 bits per heavy atom. The van der Waals surface area contributed by atoms with Crippen LogP contribution in [0.4, 0.5) is 5.69 Å². The number of methoxy groups -OCH3 is 1. The van der Waals surface area contributed by atoms with E-state index in [2.05, 4.69) is 10.4 Å². The molecular weight excluding hydrogens is 256 g/mol. The maximum Gasteiger partial charge on any atom is 0.243 e. The number of carbonyl (C=O) groups is 1. The lowest BCUT2D eigenvalue weighted by atomic mass is 10.1. The minimum Gasteiger partial charge on any atom is -0.383 e. The van der Waals surface area contributed by atoms with Crippen LogP contribution < -0.4 is 11.1 Å². The predicted octanol–water partition coefficient (Wildman–Crippen LogP) is 0.972. The van der Waals surface area contributed by atoms with Crippen molar-refractivity contribution in [1.29, 1.82) is 0 Å². The number of nitrogens with zero attached hydrogens (tertiary/aromatic N) is 2. The molecule has 1 amide bonds. The molecular formula is C11H21ClN4O2. The maximum absolute atomic E-state index is 11.6. The Hall–Kier alpha value is -1.11. The lowest BCUT2D eigenvalue weighted by Gasteiger charge is -2.18. The first-order chi connectivity index (χ1) is 7.84. The summed E-state index contributed by atoms with van der Waals surface area (Å²) in [5.74, 6) is -0.277. The third-order valence-corrected chi connectivity index (χ3v) is 2.22. The topological polar surface area (TPSA) is 82.2 Å². The number of aromatic nitrogens is 2. The molecule has 0 bridgehead atoms. The Balaban J connectivity index is 0.00000289. The number of carbonyl (C=O) groups excluding carboxylic acids is 1. The Labute approximate surface area is 113 Å². The number of anilines is 1. The molecule has 0 saturated heterocycles. The second kappa shape index (κ2) is 6.72. The summed E-state index contributed by atoms with van der Waals surface area (Å²) in [5, 5.41) is 6.87. The fraction of sp³-hybridized carbons (Fsp3) is 0.636. The highest BCUT2D eigenvalue weighted by Gasteiger charge is 2.17. The van der Waals surface area contributed by atoms with Crippen molar-refractivity contribution in [3.8, 4) is 0 Å². The van der Waals surface area contributed by atoms with E-state index in [0.717, 1.165) is 0 Å². The van der Waals surface area contributed by atoms with E-state index < -0.39 is 6.04 Å². The highest BCUT2D eigenvalue weighted by atomic mass is 35.5. The summed E-state index contributed by atoms with van der Waals surface area (Å²) in [6.07, 6.45) is 3.38. The van der Waals surface area contributed by atoms with Gasteiger partial charge >= 0.3 is 0 Å². The summed E-state index contributed by atoms with van der Waals surface area (Å²) in [6.45, 7) is 6.28. The lowest BCUT2D eigenvalue weighted by molar-refractivity contribution is -0.118. The number of amides is 1. The number of ether oxygens (including phenoxy) is 1. The second-order valence-corrected chi connectivity index (χ2v) is 4.90. The number of rotatable bonds is 4. The number of nitrogens with one attached hydrogen (secondary N) is 1. The van der Waals surface area contributed by atoms with E-state index in [9.17, 15) is 4.79 Å². The summed E-state index contributed by atoms with van der Waals surface area (Å²) in [6, 6.07) is -0.669. The zero-order valence-electron chi connectivity index (χ0n) is 11.1. The quantitative estimate of drug-likeness (QED) is 0.859. The van der Waals surface area contributed by atoms with Crippen molar-refractivity contribution in [2.24, 2.45) is 5.73 Å². The minimum absolute atomic E-state index is 0. The van der Waals surface area contributed by atoms with Gasteiger partial charge in [0.15, 0.2) is 0 Å². The zero-order valence-corrected chi connectivity index (χ0v) is 12.0. The third-order valence-electron chi connectivity index (χ3n) is 2.22. The van der Waals surface area contributed by atoms with E-state index in [1.54, 1.807) is 17.1 Å². The van der Waals surface area contributed by atoms with Crippen LogP contribution in [0.2, 0.25) is 0 Å². The molecule has 0 aliphatic heterocycles. The van der Waals surface area contributed by atoms with Crippen molar-refractivity contribution in [3.63, 3.8) is 0 Å². The lowest BCUT2D eigenvalue weighted by Crippen LogP contribution is -2.39. The van der Waals surface area contributed by atoms with Crippen LogP contribution in [0.1, 0.15) is 20.8 Å². The standard InChI is InChI=1S/C11H20N4O2.ClH/c1-11(2,3)15-6-8(5-13-15)14-10(16)9(12)7-17-4;/h5-6,9H,7,12H2,1-4H3,(H,14,16);1H. The van der Waals surface area contributed by atoms with Crippen LogP contribution in [-0.4, -0.2) is 35.4 Å². The normalized spacial score (nSPS) is 12.7. The Bertz CT molecular complexity index is 387. The van der Waals surface area contributed by atoms with Crippen molar-refractivity contribution >= 4 is 24.0 Å². The van der Waals surface area contributed by atoms with Gasteiger partial charge in [-0.3, -0.25) is 9.48 Å². The molecule has 0 saturated carbocycles. The van der Waals surface area contributed by atoms with Crippen LogP contribution in [0.5, 0.6) is 0 Å². The van der Waals surface area contributed by atoms with E-state index in [1.807, 2.05) is 20.8 Å². The SMILES string of the molecule is COCC(N)C(=O)Nc1cnn(C(C)(C)C)c1.Cl. The summed E-state index contributed by atoms with van der Waals surface area (Å²) in [4.78, 5) is 11.6. The summed E-state index contributed by atoms with van der Waals surface area (Å²) < 4.78 is 6.60. The first kappa shape index (κ1) is 16.9. The average Bonchev–Trinajstić information content (AvgIpc) is 2.66. The second-order valence-electron chi connectivity index (χ2n) is 4.90. The largest absolute Gasteiger partial charge is 0.383 e. The molecule has 18 heavy (non-hydrogen) atoms. The molecule has 1 heterocycles. The molecule has 1 atom stereocenters. The van der Waals surface area contributed by atoms with Crippen LogP contribution in [0.3, 0.4) is 0 Å². The number of hydrogen-bond acceptors (Lipinski definition) is 4. The van der Waals surface area contributed by atoms with E-state index in [0.29, 0.717) is 5.69 Å². The Kier molecular flexibility index (Phi) is 6.31. The van der Waals surface area contributed by atoms with E-state index >= 15 is 0 Å². The third kappa shape index (κ3) is 4.64. The molecule has 3 N–H and O–H groups in total. The first-order valence-corrected chi connectivity index (χ1v) is 5.45. The van der Waals surface area contributed by atoms with E-state index in [1.165, 1.54) is 7.11 Å². The average molecular weight is 277 g/mol. The van der Waals surface area contributed by atoms with E-state index in [-0.39, 0.29) is 30.5 Å². The summed E-state index contributed by atoms with van der Waals surface area (Å²) >= 11 is 0. The van der Waals surface area contributed by atoms with Crippen LogP contribution >= 0.6 is 12.4 Å². The van der Waals surface area contributed by atoms with Crippen molar-refractivity contribution < 1.29 is 9.53 Å². The summed E-state index contributed by atoms with van der Waals surface area (Å²) in [7, 11) is 1.50. The zero-order chi connectivity index (χ0) is 13.1. The van der Waals surface area contributed by atoms with Gasteiger partial charge in [0.05, 0.1) is 24.0 Å². The first-order valence-electron chi connectivity index (χ1n) is 5.45. The molecule has 1 unspecified atom stereocenters. The molecule has 0 aliphatic carbocycles. The molecule has 104 valence electrons. The monoisotopic (exact) mass is 276 g/mol. The highest BCUT2D eigenvalue weighted by molar-refractivity contribution is 5.94. The fourth-order valence-corrected chi connectivity index (χ4v) is 1.24. The molecule has 1 aromatic rings. The number of halogens is 1. The molecule has 1 aromatic heterocycles. The van der Waals surface area contributed by atoms with Gasteiger partial charge in [-0.1, -0.05) is 0 Å². The van der Waals surface area contributed by atoms with Crippen LogP contribution in [0, 0.1) is 0 Å². The molecule has 6 nitrogen and oxygen atoms in total. The van der Waals surface area contributed by atoms with Crippen molar-refractivity contribution in [2.75, 3.05) is 19.0 Å². The minimum atomic E-state index is -0.669. The van der Waals surface area contributed by atoms with Crippen LogP contribution in [-0.2, 0) is 15.1 Å². The van der Waals surface area contributed by atoms with Crippen molar-refractivity contribution in [3.05, 3.63) is 12.4 Å². The molecule has 0 aromatic carbocycles. The van der Waals surface area contributed by atoms with Gasteiger partial charge in [-0.05, 0) is 20.8 Å². The Morgan fingerprint density at radius 1 is 1.61 bits per heavy atom. The van der Waals surface area contributed by atoms with Crippen molar-refractivity contribution in [1.82, 2.24) is 9.78 Å².